The lowest BCUT2D eigenvalue weighted by Crippen LogP contribution is -2.50. The van der Waals surface area contributed by atoms with E-state index in [2.05, 4.69) is 0 Å². The summed E-state index contributed by atoms with van der Waals surface area (Å²) in [5.41, 5.74) is 4.07. The van der Waals surface area contributed by atoms with Crippen molar-refractivity contribution in [1.29, 1.82) is 5.26 Å². The van der Waals surface area contributed by atoms with Gasteiger partial charge in [-0.2, -0.15) is 5.26 Å². The number of ether oxygens (including phenoxy) is 1. The number of nitriles is 1. The molecular formula is C12H17F2N3O3. The quantitative estimate of drug-likeness (QED) is 0.827. The SMILES string of the molecule is CC(C)(C)[C@H](OC(N)=O)C(=O)N1CC(F)(F)CC1C#N. The molecule has 1 aliphatic heterocycles. The van der Waals surface area contributed by atoms with Crippen LogP contribution in [0.1, 0.15) is 27.2 Å². The molecule has 1 heterocycles. The Balaban J connectivity index is 3.01. The van der Waals surface area contributed by atoms with E-state index in [0.717, 1.165) is 4.90 Å². The van der Waals surface area contributed by atoms with Crippen molar-refractivity contribution in [2.75, 3.05) is 6.54 Å². The Kier molecular flexibility index (Phi) is 4.22. The molecule has 1 fully saturated rings. The van der Waals surface area contributed by atoms with E-state index in [4.69, 9.17) is 15.7 Å². The summed E-state index contributed by atoms with van der Waals surface area (Å²) >= 11 is 0. The van der Waals surface area contributed by atoms with Crippen LogP contribution < -0.4 is 5.73 Å². The maximum absolute atomic E-state index is 13.3. The molecule has 6 nitrogen and oxygen atoms in total. The Bertz CT molecular complexity index is 454. The van der Waals surface area contributed by atoms with Crippen LogP contribution in [0, 0.1) is 16.7 Å². The first kappa shape index (κ1) is 16.1. The lowest BCUT2D eigenvalue weighted by molar-refractivity contribution is -0.147. The normalized spacial score (nSPS) is 23.0. The predicted octanol–water partition coefficient (Wildman–Crippen LogP) is 1.26. The van der Waals surface area contributed by atoms with Crippen LogP contribution in [0.2, 0.25) is 0 Å². The summed E-state index contributed by atoms with van der Waals surface area (Å²) in [5.74, 6) is -3.95. The van der Waals surface area contributed by atoms with Gasteiger partial charge in [0.2, 0.25) is 0 Å². The fraction of sp³-hybridized carbons (Fsp3) is 0.750. The van der Waals surface area contributed by atoms with E-state index in [9.17, 15) is 18.4 Å². The summed E-state index contributed by atoms with van der Waals surface area (Å²) in [6.45, 7) is 3.95. The van der Waals surface area contributed by atoms with Crippen LogP contribution in [-0.4, -0.2) is 41.5 Å². The summed E-state index contributed by atoms with van der Waals surface area (Å²) < 4.78 is 31.4. The number of nitrogens with two attached hydrogens (primary N) is 1. The van der Waals surface area contributed by atoms with Crippen LogP contribution in [-0.2, 0) is 9.53 Å². The highest BCUT2D eigenvalue weighted by molar-refractivity contribution is 5.85. The standard InChI is InChI=1S/C12H17F2N3O3/c1-11(2,3)8(20-10(16)19)9(18)17-6-12(13,14)4-7(17)5-15/h7-8H,4,6H2,1-3H3,(H2,16,19)/t7?,8-/m1/s1. The van der Waals surface area contributed by atoms with Gasteiger partial charge in [-0.3, -0.25) is 4.79 Å². The fourth-order valence-corrected chi connectivity index (χ4v) is 2.03. The van der Waals surface area contributed by atoms with Crippen LogP contribution in [0.15, 0.2) is 0 Å². The third kappa shape index (κ3) is 3.56. The Morgan fingerprint density at radius 2 is 2.05 bits per heavy atom. The monoisotopic (exact) mass is 289 g/mol. The number of carbonyl (C=O) groups excluding carboxylic acids is 2. The molecule has 0 aromatic carbocycles. The topological polar surface area (TPSA) is 96.4 Å². The van der Waals surface area contributed by atoms with Crippen LogP contribution in [0.5, 0.6) is 0 Å². The summed E-state index contributed by atoms with van der Waals surface area (Å²) in [4.78, 5) is 23.9. The average Bonchev–Trinajstić information content (AvgIpc) is 2.59. The number of hydrogen-bond acceptors (Lipinski definition) is 4. The van der Waals surface area contributed by atoms with Gasteiger partial charge in [-0.15, -0.1) is 0 Å². The van der Waals surface area contributed by atoms with Crippen molar-refractivity contribution in [3.8, 4) is 6.07 Å². The number of halogens is 2. The molecule has 1 aliphatic rings. The van der Waals surface area contributed by atoms with Crippen LogP contribution in [0.25, 0.3) is 0 Å². The summed E-state index contributed by atoms with van der Waals surface area (Å²) in [6.07, 6.45) is -3.20. The zero-order valence-electron chi connectivity index (χ0n) is 11.5. The van der Waals surface area contributed by atoms with Crippen LogP contribution in [0.4, 0.5) is 13.6 Å². The minimum absolute atomic E-state index is 0.720. The van der Waals surface area contributed by atoms with Gasteiger partial charge in [-0.1, -0.05) is 20.8 Å². The Labute approximate surface area is 115 Å². The van der Waals surface area contributed by atoms with E-state index in [-0.39, 0.29) is 0 Å². The van der Waals surface area contributed by atoms with E-state index in [1.165, 1.54) is 0 Å². The molecule has 20 heavy (non-hydrogen) atoms. The smallest absolute Gasteiger partial charge is 0.405 e. The molecule has 8 heteroatoms. The zero-order chi connectivity index (χ0) is 15.7. The summed E-state index contributed by atoms with van der Waals surface area (Å²) in [7, 11) is 0. The van der Waals surface area contributed by atoms with Gasteiger partial charge >= 0.3 is 6.09 Å². The van der Waals surface area contributed by atoms with E-state index < -0.39 is 48.4 Å². The molecule has 1 rings (SSSR count). The molecular weight excluding hydrogens is 272 g/mol. The lowest BCUT2D eigenvalue weighted by atomic mass is 9.88. The second kappa shape index (κ2) is 5.23. The second-order valence-corrected chi connectivity index (χ2v) is 5.85. The second-order valence-electron chi connectivity index (χ2n) is 5.85. The van der Waals surface area contributed by atoms with Crippen molar-refractivity contribution in [2.45, 2.75) is 45.3 Å². The van der Waals surface area contributed by atoms with Gasteiger partial charge in [0.25, 0.3) is 11.8 Å². The van der Waals surface area contributed by atoms with Gasteiger partial charge in [-0.25, -0.2) is 13.6 Å². The van der Waals surface area contributed by atoms with E-state index in [1.807, 2.05) is 0 Å². The molecule has 0 aliphatic carbocycles. The summed E-state index contributed by atoms with van der Waals surface area (Å²) in [6, 6.07) is 0.426. The van der Waals surface area contributed by atoms with E-state index >= 15 is 0 Å². The lowest BCUT2D eigenvalue weighted by Gasteiger charge is -2.32. The van der Waals surface area contributed by atoms with Gasteiger partial charge in [0.05, 0.1) is 12.6 Å². The van der Waals surface area contributed by atoms with Crippen molar-refractivity contribution in [1.82, 2.24) is 4.90 Å². The van der Waals surface area contributed by atoms with Gasteiger partial charge in [0.1, 0.15) is 6.04 Å². The molecule has 0 radical (unpaired) electrons. The third-order valence-corrected chi connectivity index (χ3v) is 2.95. The number of rotatable bonds is 2. The van der Waals surface area contributed by atoms with E-state index in [1.54, 1.807) is 26.8 Å². The van der Waals surface area contributed by atoms with Crippen molar-refractivity contribution in [3.63, 3.8) is 0 Å². The van der Waals surface area contributed by atoms with Crippen molar-refractivity contribution >= 4 is 12.0 Å². The Morgan fingerprint density at radius 3 is 2.45 bits per heavy atom. The molecule has 1 saturated heterocycles. The zero-order valence-corrected chi connectivity index (χ0v) is 11.5. The molecule has 112 valence electrons. The van der Waals surface area contributed by atoms with Gasteiger partial charge in [-0.05, 0) is 0 Å². The van der Waals surface area contributed by atoms with Crippen molar-refractivity contribution in [2.24, 2.45) is 11.1 Å². The number of amides is 2. The highest BCUT2D eigenvalue weighted by Gasteiger charge is 2.50. The van der Waals surface area contributed by atoms with Crippen molar-refractivity contribution < 1.29 is 23.1 Å². The Hall–Kier alpha value is -1.91. The fourth-order valence-electron chi connectivity index (χ4n) is 2.03. The first-order valence-electron chi connectivity index (χ1n) is 6.02. The number of alkyl halides is 2. The molecule has 2 N–H and O–H groups in total. The summed E-state index contributed by atoms with van der Waals surface area (Å²) in [5, 5.41) is 8.87. The number of carbonyl (C=O) groups is 2. The molecule has 0 aromatic heterocycles. The number of likely N-dealkylation sites (tertiary alicyclic amines) is 1. The van der Waals surface area contributed by atoms with Crippen LogP contribution >= 0.6 is 0 Å². The van der Waals surface area contributed by atoms with Crippen molar-refractivity contribution in [3.05, 3.63) is 0 Å². The first-order chi connectivity index (χ1) is 8.98. The molecule has 0 spiro atoms. The van der Waals surface area contributed by atoms with Gasteiger partial charge in [0, 0.05) is 11.8 Å². The molecule has 0 saturated carbocycles. The molecule has 0 bridgehead atoms. The Morgan fingerprint density at radius 1 is 1.50 bits per heavy atom. The number of nitrogens with zero attached hydrogens (tertiary/aromatic N) is 2. The highest BCUT2D eigenvalue weighted by atomic mass is 19.3. The maximum Gasteiger partial charge on any atom is 0.405 e. The number of primary amides is 1. The molecule has 2 amide bonds. The van der Waals surface area contributed by atoms with Crippen LogP contribution in [0.3, 0.4) is 0 Å². The van der Waals surface area contributed by atoms with E-state index in [0.29, 0.717) is 0 Å². The molecule has 0 aromatic rings. The number of hydrogen-bond donors (Lipinski definition) is 1. The average molecular weight is 289 g/mol. The highest BCUT2D eigenvalue weighted by Crippen LogP contribution is 2.34. The predicted molar refractivity (Wildman–Crippen MR) is 64.6 cm³/mol. The first-order valence-corrected chi connectivity index (χ1v) is 6.02. The van der Waals surface area contributed by atoms with Gasteiger partial charge in [0.15, 0.2) is 6.10 Å². The minimum atomic E-state index is -3.12. The largest absolute Gasteiger partial charge is 0.436 e. The molecule has 1 unspecified atom stereocenters. The minimum Gasteiger partial charge on any atom is -0.436 e. The maximum atomic E-state index is 13.3. The molecule has 2 atom stereocenters. The van der Waals surface area contributed by atoms with Gasteiger partial charge < -0.3 is 15.4 Å². The third-order valence-electron chi connectivity index (χ3n) is 2.95.